The van der Waals surface area contributed by atoms with Gasteiger partial charge in [0, 0.05) is 6.54 Å². The summed E-state index contributed by atoms with van der Waals surface area (Å²) in [4.78, 5) is 14.8. The monoisotopic (exact) mass is 342 g/mol. The van der Waals surface area contributed by atoms with Crippen LogP contribution in [0.15, 0.2) is 53.3 Å². The van der Waals surface area contributed by atoms with Crippen molar-refractivity contribution in [2.24, 2.45) is 0 Å². The van der Waals surface area contributed by atoms with Crippen molar-refractivity contribution < 1.29 is 4.74 Å². The molecule has 3 aromatic rings. The number of hydrogen-bond acceptors (Lipinski definition) is 4. The molecular formula is C19H22N2O2S. The summed E-state index contributed by atoms with van der Waals surface area (Å²) in [6, 6.07) is 15.4. The van der Waals surface area contributed by atoms with Crippen LogP contribution in [0.25, 0.3) is 15.8 Å². The summed E-state index contributed by atoms with van der Waals surface area (Å²) in [5, 5.41) is 0.766. The first-order valence-corrected chi connectivity index (χ1v) is 9.07. The van der Waals surface area contributed by atoms with Gasteiger partial charge in [-0.3, -0.25) is 4.79 Å². The van der Waals surface area contributed by atoms with Crippen LogP contribution in [0, 0.1) is 0 Å². The largest absolute Gasteiger partial charge is 0.492 e. The van der Waals surface area contributed by atoms with Gasteiger partial charge >= 0.3 is 0 Å². The molecule has 2 aromatic carbocycles. The maximum Gasteiger partial charge on any atom is 0.273 e. The lowest BCUT2D eigenvalue weighted by Gasteiger charge is -2.18. The van der Waals surface area contributed by atoms with Crippen molar-refractivity contribution in [2.75, 3.05) is 26.2 Å². The number of hydrogen-bond donors (Lipinski definition) is 0. The molecule has 24 heavy (non-hydrogen) atoms. The molecule has 0 aliphatic carbocycles. The molecule has 0 unspecified atom stereocenters. The number of fused-ring (bicyclic) bond motifs is 1. The van der Waals surface area contributed by atoms with Crippen LogP contribution in [-0.4, -0.2) is 35.1 Å². The normalized spacial score (nSPS) is 11.3. The van der Waals surface area contributed by atoms with Gasteiger partial charge in [-0.1, -0.05) is 37.5 Å². The molecule has 5 heteroatoms. The van der Waals surface area contributed by atoms with Crippen LogP contribution in [0.1, 0.15) is 13.8 Å². The Labute approximate surface area is 146 Å². The fourth-order valence-corrected chi connectivity index (χ4v) is 3.65. The number of nitrogens with zero attached hydrogens (tertiary/aromatic N) is 2. The summed E-state index contributed by atoms with van der Waals surface area (Å²) in [6.07, 6.45) is 0. The Morgan fingerprint density at radius 2 is 1.75 bits per heavy atom. The molecule has 4 nitrogen and oxygen atoms in total. The van der Waals surface area contributed by atoms with E-state index in [0.29, 0.717) is 6.61 Å². The van der Waals surface area contributed by atoms with Gasteiger partial charge in [0.1, 0.15) is 12.4 Å². The Balaban J connectivity index is 1.72. The highest BCUT2D eigenvalue weighted by atomic mass is 32.1. The fourth-order valence-electron chi connectivity index (χ4n) is 2.65. The minimum Gasteiger partial charge on any atom is -0.492 e. The minimum atomic E-state index is 0.0331. The molecule has 3 rings (SSSR count). The molecule has 0 spiro atoms. The van der Waals surface area contributed by atoms with E-state index in [2.05, 4.69) is 18.7 Å². The summed E-state index contributed by atoms with van der Waals surface area (Å²) >= 11 is 1.47. The van der Waals surface area contributed by atoms with Gasteiger partial charge in [0.05, 0.1) is 15.8 Å². The van der Waals surface area contributed by atoms with Crippen molar-refractivity contribution in [1.29, 1.82) is 0 Å². The average molecular weight is 342 g/mol. The smallest absolute Gasteiger partial charge is 0.273 e. The summed E-state index contributed by atoms with van der Waals surface area (Å²) in [5.41, 5.74) is 0.906. The lowest BCUT2D eigenvalue weighted by atomic mass is 10.3. The van der Waals surface area contributed by atoms with Gasteiger partial charge in [-0.2, -0.15) is 0 Å². The second-order valence-electron chi connectivity index (χ2n) is 5.56. The Kier molecular flexibility index (Phi) is 5.33. The van der Waals surface area contributed by atoms with Crippen molar-refractivity contribution in [3.8, 4) is 11.4 Å². The molecule has 0 aliphatic heterocycles. The first-order chi connectivity index (χ1) is 11.7. The lowest BCUT2D eigenvalue weighted by Crippen LogP contribution is -2.27. The molecule has 1 aromatic heterocycles. The quantitative estimate of drug-likeness (QED) is 0.655. The van der Waals surface area contributed by atoms with Crippen molar-refractivity contribution in [2.45, 2.75) is 13.8 Å². The molecular weight excluding hydrogens is 320 g/mol. The summed E-state index contributed by atoms with van der Waals surface area (Å²) in [7, 11) is 0. The molecule has 0 saturated carbocycles. The van der Waals surface area contributed by atoms with Crippen molar-refractivity contribution in [3.63, 3.8) is 0 Å². The first-order valence-electron chi connectivity index (χ1n) is 8.29. The molecule has 0 N–H and O–H groups in total. The Morgan fingerprint density at radius 3 is 2.42 bits per heavy atom. The van der Waals surface area contributed by atoms with E-state index in [1.54, 1.807) is 3.96 Å². The van der Waals surface area contributed by atoms with Crippen LogP contribution < -0.4 is 10.3 Å². The van der Waals surface area contributed by atoms with Crippen LogP contribution in [0.5, 0.6) is 5.75 Å². The van der Waals surface area contributed by atoms with Crippen molar-refractivity contribution >= 4 is 21.6 Å². The van der Waals surface area contributed by atoms with Crippen LogP contribution >= 0.6 is 11.5 Å². The first kappa shape index (κ1) is 16.7. The van der Waals surface area contributed by atoms with E-state index in [1.165, 1.54) is 11.5 Å². The van der Waals surface area contributed by atoms with Gasteiger partial charge in [-0.15, -0.1) is 0 Å². The van der Waals surface area contributed by atoms with E-state index in [-0.39, 0.29) is 5.56 Å². The second kappa shape index (κ2) is 7.64. The Bertz CT molecular complexity index is 848. The number of rotatable bonds is 7. The van der Waals surface area contributed by atoms with E-state index in [9.17, 15) is 4.79 Å². The zero-order valence-electron chi connectivity index (χ0n) is 14.1. The van der Waals surface area contributed by atoms with E-state index in [4.69, 9.17) is 4.74 Å². The summed E-state index contributed by atoms with van der Waals surface area (Å²) in [6.45, 7) is 7.97. The van der Waals surface area contributed by atoms with E-state index < -0.39 is 0 Å². The topological polar surface area (TPSA) is 34.5 Å². The summed E-state index contributed by atoms with van der Waals surface area (Å²) in [5.74, 6) is 0.833. The Hall–Kier alpha value is -2.11. The predicted molar refractivity (Wildman–Crippen MR) is 101 cm³/mol. The molecule has 0 aliphatic rings. The fraction of sp³-hybridized carbons (Fsp3) is 0.316. The zero-order chi connectivity index (χ0) is 16.9. The molecule has 0 atom stereocenters. The zero-order valence-corrected chi connectivity index (χ0v) is 14.9. The van der Waals surface area contributed by atoms with Crippen LogP contribution in [-0.2, 0) is 0 Å². The van der Waals surface area contributed by atoms with E-state index in [1.807, 2.05) is 48.5 Å². The highest BCUT2D eigenvalue weighted by molar-refractivity contribution is 7.14. The third-order valence-electron chi connectivity index (χ3n) is 4.13. The van der Waals surface area contributed by atoms with Crippen molar-refractivity contribution in [1.82, 2.24) is 8.86 Å². The maximum absolute atomic E-state index is 12.5. The third kappa shape index (κ3) is 3.52. The molecule has 0 fully saturated rings. The average Bonchev–Trinajstić information content (AvgIpc) is 2.96. The van der Waals surface area contributed by atoms with Gasteiger partial charge < -0.3 is 9.64 Å². The van der Waals surface area contributed by atoms with Crippen LogP contribution in [0.3, 0.4) is 0 Å². The van der Waals surface area contributed by atoms with Crippen molar-refractivity contribution in [3.05, 3.63) is 58.9 Å². The molecule has 0 radical (unpaired) electrons. The molecule has 1 heterocycles. The van der Waals surface area contributed by atoms with Gasteiger partial charge in [-0.05, 0) is 49.5 Å². The predicted octanol–water partition coefficient (Wildman–Crippen LogP) is 3.77. The second-order valence-corrected chi connectivity index (χ2v) is 6.54. The lowest BCUT2D eigenvalue weighted by molar-refractivity contribution is 0.223. The van der Waals surface area contributed by atoms with E-state index >= 15 is 0 Å². The third-order valence-corrected chi connectivity index (χ3v) is 5.25. The molecule has 0 amide bonds. The number of benzene rings is 2. The standard InChI is InChI=1S/C19H22N2O2S/c1-3-20(4-2)13-14-23-16-11-9-15(10-12-16)21-19(22)17-7-5-6-8-18(17)24-21/h5-12H,3-4,13-14H2,1-2H3. The van der Waals surface area contributed by atoms with Crippen LogP contribution in [0.4, 0.5) is 0 Å². The number of aromatic nitrogens is 1. The number of likely N-dealkylation sites (N-methyl/N-ethyl adjacent to an activating group) is 1. The maximum atomic E-state index is 12.5. The molecule has 0 bridgehead atoms. The van der Waals surface area contributed by atoms with Gasteiger partial charge in [0.2, 0.25) is 0 Å². The SMILES string of the molecule is CCN(CC)CCOc1ccc(-n2sc3ccccc3c2=O)cc1. The highest BCUT2D eigenvalue weighted by Crippen LogP contribution is 2.21. The Morgan fingerprint density at radius 1 is 1.04 bits per heavy atom. The highest BCUT2D eigenvalue weighted by Gasteiger charge is 2.08. The minimum absolute atomic E-state index is 0.0331. The molecule has 126 valence electrons. The van der Waals surface area contributed by atoms with Gasteiger partial charge in [-0.25, -0.2) is 3.96 Å². The van der Waals surface area contributed by atoms with Gasteiger partial charge in [0.25, 0.3) is 5.56 Å². The van der Waals surface area contributed by atoms with E-state index in [0.717, 1.165) is 41.2 Å². The van der Waals surface area contributed by atoms with Gasteiger partial charge in [0.15, 0.2) is 0 Å². The number of ether oxygens (including phenoxy) is 1. The molecule has 0 saturated heterocycles. The summed E-state index contributed by atoms with van der Waals surface area (Å²) < 4.78 is 8.52. The van der Waals surface area contributed by atoms with Crippen LogP contribution in [0.2, 0.25) is 0 Å².